The van der Waals surface area contributed by atoms with Crippen LogP contribution in [0.15, 0.2) is 17.5 Å². The van der Waals surface area contributed by atoms with E-state index in [-0.39, 0.29) is 17.2 Å². The van der Waals surface area contributed by atoms with E-state index in [9.17, 15) is 0 Å². The third kappa shape index (κ3) is 1.93. The first-order valence-corrected chi connectivity index (χ1v) is 16.9. The standard InChI is InChI=1S/C4H3S.2Sn.H/c1-2-4-5-3-1;;;/h1-3H;;;. The fraction of sp³-hybridized carbons (Fsp3) is 0. The van der Waals surface area contributed by atoms with Crippen molar-refractivity contribution in [2.45, 2.75) is 0 Å². The van der Waals surface area contributed by atoms with Crippen LogP contribution >= 0.6 is 11.3 Å². The van der Waals surface area contributed by atoms with Gasteiger partial charge in [0.05, 0.1) is 0 Å². The molecule has 0 N–H and O–H groups in total. The van der Waals surface area contributed by atoms with Crippen molar-refractivity contribution in [1.29, 1.82) is 0 Å². The number of hydrogen-bond donors (Lipinski definition) is 0. The molecule has 1 aromatic rings. The van der Waals surface area contributed by atoms with Gasteiger partial charge >= 0.3 is 67.5 Å². The normalized spacial score (nSPS) is 9.29. The topological polar surface area (TPSA) is 0 Å². The third-order valence-electron chi connectivity index (χ3n) is 0.663. The van der Waals surface area contributed by atoms with E-state index in [1.807, 2.05) is 11.3 Å². The van der Waals surface area contributed by atoms with Gasteiger partial charge in [0, 0.05) is 0 Å². The Hall–Kier alpha value is 1.30. The van der Waals surface area contributed by atoms with Crippen LogP contribution in [0.1, 0.15) is 0 Å². The Balaban J connectivity index is 2.76. The van der Waals surface area contributed by atoms with E-state index in [4.69, 9.17) is 0 Å². The SMILES string of the molecule is [SnH][Sn][c]1cccs1. The van der Waals surface area contributed by atoms with E-state index >= 15 is 0 Å². The molecule has 3 heteroatoms. The Labute approximate surface area is 66.7 Å². The zero-order valence-electron chi connectivity index (χ0n) is 3.72. The monoisotopic (exact) mass is 324 g/mol. The van der Waals surface area contributed by atoms with E-state index < -0.39 is 0 Å². The quantitative estimate of drug-likeness (QED) is 0.634. The average Bonchev–Trinajstić information content (AvgIpc) is 2.14. The van der Waals surface area contributed by atoms with Gasteiger partial charge in [0.25, 0.3) is 0 Å². The summed E-state index contributed by atoms with van der Waals surface area (Å²) in [7, 11) is 0. The zero-order valence-corrected chi connectivity index (χ0v) is 10.7. The molecule has 1 heterocycles. The van der Waals surface area contributed by atoms with E-state index in [0.717, 1.165) is 0 Å². The van der Waals surface area contributed by atoms with Crippen LogP contribution in [0.4, 0.5) is 0 Å². The molecule has 0 atom stereocenters. The van der Waals surface area contributed by atoms with E-state index in [0.29, 0.717) is 0 Å². The van der Waals surface area contributed by atoms with Gasteiger partial charge in [0.15, 0.2) is 0 Å². The van der Waals surface area contributed by atoms with Gasteiger partial charge < -0.3 is 0 Å². The van der Waals surface area contributed by atoms with Crippen molar-refractivity contribution in [3.63, 3.8) is 0 Å². The van der Waals surface area contributed by atoms with Crippen molar-refractivity contribution in [3.8, 4) is 0 Å². The first-order chi connectivity index (χ1) is 3.43. The zero-order chi connectivity index (χ0) is 5.11. The Morgan fingerprint density at radius 1 is 1.71 bits per heavy atom. The van der Waals surface area contributed by atoms with Gasteiger partial charge in [-0.15, -0.1) is 0 Å². The number of hydrogen-bond acceptors (Lipinski definition) is 1. The Morgan fingerprint density at radius 2 is 2.57 bits per heavy atom. The molecular formula is C4H4SSn2. The third-order valence-corrected chi connectivity index (χ3v) is 14.4. The average molecular weight is 322 g/mol. The summed E-state index contributed by atoms with van der Waals surface area (Å²) in [5, 5.41) is 2.17. The van der Waals surface area contributed by atoms with Crippen molar-refractivity contribution in [2.24, 2.45) is 0 Å². The molecule has 0 aliphatic rings. The molecule has 0 nitrogen and oxygen atoms in total. The first kappa shape index (κ1) is 6.42. The van der Waals surface area contributed by atoms with Gasteiger partial charge in [-0.05, 0) is 0 Å². The van der Waals surface area contributed by atoms with Crippen LogP contribution in [0.5, 0.6) is 0 Å². The van der Waals surface area contributed by atoms with Gasteiger partial charge in [-0.1, -0.05) is 0 Å². The summed E-state index contributed by atoms with van der Waals surface area (Å²) >= 11 is 3.51. The molecule has 0 saturated heterocycles. The summed E-state index contributed by atoms with van der Waals surface area (Å²) in [4.78, 5) is 0. The van der Waals surface area contributed by atoms with Crippen LogP contribution < -0.4 is 2.89 Å². The van der Waals surface area contributed by atoms with Gasteiger partial charge in [0.1, 0.15) is 0 Å². The molecule has 4 radical (unpaired) electrons. The number of thiophene rings is 1. The van der Waals surface area contributed by atoms with Gasteiger partial charge in [0.2, 0.25) is 0 Å². The first-order valence-electron chi connectivity index (χ1n) is 1.93. The Kier molecular flexibility index (Phi) is 3.07. The molecule has 0 saturated carbocycles. The van der Waals surface area contributed by atoms with Crippen molar-refractivity contribution < 1.29 is 0 Å². The molecule has 7 heavy (non-hydrogen) atoms. The fourth-order valence-corrected chi connectivity index (χ4v) is 8.35. The summed E-state index contributed by atoms with van der Waals surface area (Å²) in [5.41, 5.74) is 0. The molecule has 0 fully saturated rings. The van der Waals surface area contributed by atoms with Crippen LogP contribution in [0.2, 0.25) is 0 Å². The second-order valence-electron chi connectivity index (χ2n) is 1.12. The molecule has 1 rings (SSSR count). The predicted molar refractivity (Wildman–Crippen MR) is 36.9 cm³/mol. The van der Waals surface area contributed by atoms with Gasteiger partial charge in [-0.25, -0.2) is 0 Å². The molecule has 0 aliphatic heterocycles. The Bertz CT molecular complexity index is 124. The molecule has 0 bridgehead atoms. The minimum absolute atomic E-state index is 0.0521. The molecular weight excluding hydrogens is 318 g/mol. The van der Waals surface area contributed by atoms with Crippen LogP contribution in [-0.2, 0) is 0 Å². The minimum atomic E-state index is 0.0521. The Morgan fingerprint density at radius 3 is 2.86 bits per heavy atom. The molecule has 0 amide bonds. The van der Waals surface area contributed by atoms with Crippen molar-refractivity contribution >= 4 is 50.0 Å². The fourth-order valence-electron chi connectivity index (χ4n) is 0.361. The molecule has 0 spiro atoms. The van der Waals surface area contributed by atoms with Crippen molar-refractivity contribution in [2.75, 3.05) is 0 Å². The van der Waals surface area contributed by atoms with Gasteiger partial charge in [-0.3, -0.25) is 0 Å². The van der Waals surface area contributed by atoms with E-state index in [1.165, 1.54) is 18.6 Å². The van der Waals surface area contributed by atoms with Crippen LogP contribution in [-0.4, -0.2) is 35.8 Å². The molecule has 0 unspecified atom stereocenters. The van der Waals surface area contributed by atoms with E-state index in [1.54, 1.807) is 2.89 Å². The molecule has 0 aromatic carbocycles. The summed E-state index contributed by atoms with van der Waals surface area (Å²) in [5.74, 6) is 0. The summed E-state index contributed by atoms with van der Waals surface area (Å²) < 4.78 is 1.70. The van der Waals surface area contributed by atoms with Crippen molar-refractivity contribution in [1.82, 2.24) is 0 Å². The molecule has 34 valence electrons. The maximum absolute atomic E-state index is 2.27. The summed E-state index contributed by atoms with van der Waals surface area (Å²) in [6.45, 7) is 0. The predicted octanol–water partition coefficient (Wildman–Crippen LogP) is -0.107. The second-order valence-corrected chi connectivity index (χ2v) is 11.0. The number of rotatable bonds is 1. The van der Waals surface area contributed by atoms with Crippen LogP contribution in [0.3, 0.4) is 0 Å². The summed E-state index contributed by atoms with van der Waals surface area (Å²) in [6.07, 6.45) is 0. The molecule has 0 aliphatic carbocycles. The van der Waals surface area contributed by atoms with Crippen LogP contribution in [0.25, 0.3) is 0 Å². The maximum atomic E-state index is 2.27. The van der Waals surface area contributed by atoms with Crippen molar-refractivity contribution in [3.05, 3.63) is 17.5 Å². The second kappa shape index (κ2) is 3.35. The summed E-state index contributed by atoms with van der Waals surface area (Å²) in [6, 6.07) is 4.42. The van der Waals surface area contributed by atoms with Crippen LogP contribution in [0, 0.1) is 0 Å². The van der Waals surface area contributed by atoms with E-state index in [2.05, 4.69) is 17.5 Å². The van der Waals surface area contributed by atoms with Gasteiger partial charge in [-0.2, -0.15) is 0 Å². The molecule has 1 aromatic heterocycles.